The lowest BCUT2D eigenvalue weighted by atomic mass is 10.1. The first-order valence-corrected chi connectivity index (χ1v) is 8.26. The van der Waals surface area contributed by atoms with E-state index < -0.39 is 27.6 Å². The summed E-state index contributed by atoms with van der Waals surface area (Å²) in [6, 6.07) is 12.3. The third-order valence-electron chi connectivity index (χ3n) is 3.22. The Morgan fingerprint density at radius 1 is 1.17 bits per heavy atom. The van der Waals surface area contributed by atoms with Crippen molar-refractivity contribution in [1.29, 1.82) is 0 Å². The summed E-state index contributed by atoms with van der Waals surface area (Å²) in [4.78, 5) is 9.95. The van der Waals surface area contributed by atoms with Crippen LogP contribution in [0.15, 0.2) is 53.4 Å². The smallest absolute Gasteiger partial charge is 0.261 e. The van der Waals surface area contributed by atoms with Gasteiger partial charge in [-0.25, -0.2) is 8.42 Å². The Morgan fingerprint density at radius 2 is 1.78 bits per heavy atom. The zero-order valence-electron chi connectivity index (χ0n) is 12.3. The molecular weight excluding hydrogens is 320 g/mol. The van der Waals surface area contributed by atoms with Gasteiger partial charge in [-0.15, -0.1) is 0 Å². The number of hydrogen-bond acceptors (Lipinski definition) is 5. The molecule has 23 heavy (non-hydrogen) atoms. The molecule has 0 saturated carbocycles. The molecule has 1 atom stereocenters. The minimum Gasteiger partial charge on any atom is -0.381 e. The van der Waals surface area contributed by atoms with Crippen molar-refractivity contribution in [2.45, 2.75) is 17.9 Å². The van der Waals surface area contributed by atoms with Gasteiger partial charge in [0, 0.05) is 10.5 Å². The Bertz CT molecular complexity index is 803. The summed E-state index contributed by atoms with van der Waals surface area (Å²) in [6.45, 7) is 1.14. The molecule has 0 unspecified atom stereocenters. The van der Waals surface area contributed by atoms with Crippen molar-refractivity contribution in [2.75, 3.05) is 11.3 Å². The summed E-state index contributed by atoms with van der Waals surface area (Å²) in [5, 5.41) is 20.4. The number of nitro groups is 1. The van der Waals surface area contributed by atoms with Crippen molar-refractivity contribution in [3.63, 3.8) is 0 Å². The van der Waals surface area contributed by atoms with Crippen molar-refractivity contribution in [1.82, 2.24) is 0 Å². The van der Waals surface area contributed by atoms with Crippen molar-refractivity contribution >= 4 is 15.7 Å². The molecule has 8 heteroatoms. The Balaban J connectivity index is 2.32. The highest BCUT2D eigenvalue weighted by atomic mass is 32.2. The van der Waals surface area contributed by atoms with Crippen LogP contribution in [0.4, 0.5) is 5.69 Å². The first kappa shape index (κ1) is 16.9. The van der Waals surface area contributed by atoms with Gasteiger partial charge in [0.2, 0.25) is 6.54 Å². The van der Waals surface area contributed by atoms with Crippen LogP contribution in [-0.4, -0.2) is 25.0 Å². The van der Waals surface area contributed by atoms with Crippen molar-refractivity contribution < 1.29 is 18.4 Å². The summed E-state index contributed by atoms with van der Waals surface area (Å²) in [7, 11) is -3.85. The predicted octanol–water partition coefficient (Wildman–Crippen LogP) is 2.11. The second-order valence-corrected chi connectivity index (χ2v) is 6.72. The zero-order valence-corrected chi connectivity index (χ0v) is 13.2. The summed E-state index contributed by atoms with van der Waals surface area (Å²) in [5.74, 6) is 0. The average Bonchev–Trinajstić information content (AvgIpc) is 2.47. The Labute approximate surface area is 133 Å². The fraction of sp³-hybridized carbons (Fsp3) is 0.200. The number of anilines is 1. The van der Waals surface area contributed by atoms with Crippen LogP contribution in [-0.2, 0) is 10.0 Å². The molecule has 0 saturated heterocycles. The van der Waals surface area contributed by atoms with E-state index >= 15 is 0 Å². The monoisotopic (exact) mass is 336 g/mol. The van der Waals surface area contributed by atoms with Crippen LogP contribution in [0.3, 0.4) is 0 Å². The van der Waals surface area contributed by atoms with Crippen molar-refractivity contribution in [2.24, 2.45) is 0 Å². The molecule has 0 aliphatic rings. The molecule has 2 aromatic rings. The highest BCUT2D eigenvalue weighted by molar-refractivity contribution is 7.92. The second kappa shape index (κ2) is 6.76. The summed E-state index contributed by atoms with van der Waals surface area (Å²) >= 11 is 0. The van der Waals surface area contributed by atoms with E-state index in [2.05, 4.69) is 4.72 Å². The first-order valence-electron chi connectivity index (χ1n) is 6.78. The lowest BCUT2D eigenvalue weighted by molar-refractivity contribution is -0.491. The van der Waals surface area contributed by atoms with Gasteiger partial charge >= 0.3 is 0 Å². The van der Waals surface area contributed by atoms with Gasteiger partial charge in [0.05, 0.1) is 10.6 Å². The van der Waals surface area contributed by atoms with Gasteiger partial charge in [0.15, 0.2) is 0 Å². The molecule has 0 heterocycles. The van der Waals surface area contributed by atoms with Gasteiger partial charge in [-0.05, 0) is 25.1 Å². The van der Waals surface area contributed by atoms with E-state index in [-0.39, 0.29) is 16.1 Å². The summed E-state index contributed by atoms with van der Waals surface area (Å²) in [5.41, 5.74) is 1.19. The Kier molecular flexibility index (Phi) is 4.97. The molecule has 122 valence electrons. The minimum absolute atomic E-state index is 0.0710. The maximum absolute atomic E-state index is 12.4. The number of nitrogens with zero attached hydrogens (tertiary/aromatic N) is 1. The number of aliphatic hydroxyl groups excluding tert-OH is 1. The number of benzene rings is 2. The van der Waals surface area contributed by atoms with Crippen LogP contribution in [0.5, 0.6) is 0 Å². The minimum atomic E-state index is -3.85. The molecule has 7 nitrogen and oxygen atoms in total. The van der Waals surface area contributed by atoms with Crippen LogP contribution >= 0.6 is 0 Å². The van der Waals surface area contributed by atoms with Gasteiger partial charge < -0.3 is 5.11 Å². The maximum atomic E-state index is 12.4. The average molecular weight is 336 g/mol. The summed E-state index contributed by atoms with van der Waals surface area (Å²) in [6.07, 6.45) is -1.40. The first-order chi connectivity index (χ1) is 10.8. The highest BCUT2D eigenvalue weighted by Crippen LogP contribution is 2.25. The number of sulfonamides is 1. The SMILES string of the molecule is Cc1ccc(S(=O)(=O)Nc2ccccc2[C@@H](O)C[N+](=O)[O-])cc1. The number of nitrogens with one attached hydrogen (secondary N) is 1. The van der Waals surface area contributed by atoms with E-state index in [0.29, 0.717) is 0 Å². The van der Waals surface area contributed by atoms with Gasteiger partial charge in [-0.3, -0.25) is 14.8 Å². The third kappa shape index (κ3) is 4.27. The number of aliphatic hydroxyl groups is 1. The number of hydrogen-bond donors (Lipinski definition) is 2. The van der Waals surface area contributed by atoms with Gasteiger partial charge in [-0.2, -0.15) is 0 Å². The number of rotatable bonds is 6. The van der Waals surface area contributed by atoms with E-state index in [4.69, 9.17) is 0 Å². The van der Waals surface area contributed by atoms with Crippen LogP contribution < -0.4 is 4.72 Å². The molecule has 0 spiro atoms. The second-order valence-electron chi connectivity index (χ2n) is 5.04. The molecule has 0 amide bonds. The summed E-state index contributed by atoms with van der Waals surface area (Å²) < 4.78 is 27.1. The largest absolute Gasteiger partial charge is 0.381 e. The quantitative estimate of drug-likeness (QED) is 0.620. The van der Waals surface area contributed by atoms with E-state index in [1.165, 1.54) is 24.3 Å². The molecule has 0 aliphatic carbocycles. The van der Waals surface area contributed by atoms with E-state index in [1.807, 2.05) is 6.92 Å². The molecule has 0 aromatic heterocycles. The van der Waals surface area contributed by atoms with Crippen LogP contribution in [0.25, 0.3) is 0 Å². The fourth-order valence-electron chi connectivity index (χ4n) is 2.04. The van der Waals surface area contributed by atoms with Crippen molar-refractivity contribution in [3.05, 3.63) is 69.8 Å². The molecular formula is C15H16N2O5S. The molecule has 0 radical (unpaired) electrons. The lowest BCUT2D eigenvalue weighted by Crippen LogP contribution is -2.17. The van der Waals surface area contributed by atoms with E-state index in [0.717, 1.165) is 5.56 Å². The number of para-hydroxylation sites is 1. The van der Waals surface area contributed by atoms with Crippen molar-refractivity contribution in [3.8, 4) is 0 Å². The maximum Gasteiger partial charge on any atom is 0.261 e. The Morgan fingerprint density at radius 3 is 2.39 bits per heavy atom. The van der Waals surface area contributed by atoms with Crippen LogP contribution in [0.1, 0.15) is 17.2 Å². The molecule has 2 rings (SSSR count). The highest BCUT2D eigenvalue weighted by Gasteiger charge is 2.21. The topological polar surface area (TPSA) is 110 Å². The molecule has 0 fully saturated rings. The third-order valence-corrected chi connectivity index (χ3v) is 4.60. The predicted molar refractivity (Wildman–Crippen MR) is 85.3 cm³/mol. The molecule has 2 N–H and O–H groups in total. The molecule has 0 bridgehead atoms. The van der Waals surface area contributed by atoms with Gasteiger partial charge in [0.1, 0.15) is 6.10 Å². The Hall–Kier alpha value is -2.45. The normalized spacial score (nSPS) is 12.6. The molecule has 2 aromatic carbocycles. The molecule has 0 aliphatic heterocycles. The lowest BCUT2D eigenvalue weighted by Gasteiger charge is -2.14. The number of aryl methyl sites for hydroxylation is 1. The van der Waals surface area contributed by atoms with Gasteiger partial charge in [-0.1, -0.05) is 35.9 Å². The fourth-order valence-corrected chi connectivity index (χ4v) is 3.13. The standard InChI is InChI=1S/C15H16N2O5S/c1-11-6-8-12(9-7-11)23(21,22)16-14-5-3-2-4-13(14)15(18)10-17(19)20/h2-9,15-16,18H,10H2,1H3/t15-/m0/s1. The van der Waals surface area contributed by atoms with E-state index in [9.17, 15) is 23.6 Å². The van der Waals surface area contributed by atoms with Crippen LogP contribution in [0, 0.1) is 17.0 Å². The van der Waals surface area contributed by atoms with Gasteiger partial charge in [0.25, 0.3) is 10.0 Å². The van der Waals surface area contributed by atoms with E-state index in [1.54, 1.807) is 24.3 Å². The van der Waals surface area contributed by atoms with Crippen LogP contribution in [0.2, 0.25) is 0 Å². The zero-order chi connectivity index (χ0) is 17.0.